The van der Waals surface area contributed by atoms with Gasteiger partial charge in [0, 0.05) is 15.9 Å². The summed E-state index contributed by atoms with van der Waals surface area (Å²) in [5, 5.41) is 0. The maximum atomic E-state index is 12.9. The van der Waals surface area contributed by atoms with Crippen molar-refractivity contribution < 1.29 is 22.3 Å². The quantitative estimate of drug-likeness (QED) is 0.696. The Kier molecular flexibility index (Phi) is 3.89. The molecule has 7 heteroatoms. The molecule has 1 aromatic carbocycles. The number of rotatable bonds is 3. The first kappa shape index (κ1) is 13.8. The fourth-order valence-electron chi connectivity index (χ4n) is 0.825. The molecule has 16 heavy (non-hydrogen) atoms. The van der Waals surface area contributed by atoms with Crippen LogP contribution in [0.3, 0.4) is 0 Å². The third kappa shape index (κ3) is 3.35. The largest absolute Gasteiger partial charge is 0.463 e. The molecule has 0 saturated heterocycles. The number of alkyl halides is 4. The second-order valence-corrected chi connectivity index (χ2v) is 4.94. The van der Waals surface area contributed by atoms with E-state index in [0.717, 1.165) is 0 Å². The molecule has 0 fully saturated rings. The molecule has 1 aromatic rings. The minimum Gasteiger partial charge on any atom is -0.428 e. The predicted molar refractivity (Wildman–Crippen MR) is 58.0 cm³/mol. The molecule has 1 rings (SSSR count). The van der Waals surface area contributed by atoms with Gasteiger partial charge in [0.1, 0.15) is 5.75 Å². The summed E-state index contributed by atoms with van der Waals surface area (Å²) in [6.45, 7) is 0.0973. The second-order valence-electron chi connectivity index (χ2n) is 3.11. The minimum absolute atomic E-state index is 0.0973. The normalized spacial score (nSPS) is 12.7. The van der Waals surface area contributed by atoms with Crippen LogP contribution in [0.2, 0.25) is 0 Å². The SMILES string of the molecule is CC(F)(F)C(F)(F)Oc1cc(Br)cc(Br)c1. The Morgan fingerprint density at radius 3 is 1.81 bits per heavy atom. The van der Waals surface area contributed by atoms with Gasteiger partial charge in [0.25, 0.3) is 0 Å². The van der Waals surface area contributed by atoms with Gasteiger partial charge in [0.05, 0.1) is 0 Å². The monoisotopic (exact) mass is 364 g/mol. The highest BCUT2D eigenvalue weighted by Crippen LogP contribution is 2.37. The van der Waals surface area contributed by atoms with Crippen LogP contribution in [0.1, 0.15) is 6.92 Å². The van der Waals surface area contributed by atoms with Crippen LogP contribution in [0.25, 0.3) is 0 Å². The van der Waals surface area contributed by atoms with Crippen LogP contribution < -0.4 is 4.74 Å². The average Bonchev–Trinajstić information content (AvgIpc) is 1.97. The van der Waals surface area contributed by atoms with Crippen LogP contribution >= 0.6 is 31.9 Å². The highest BCUT2D eigenvalue weighted by Gasteiger charge is 2.55. The third-order valence-electron chi connectivity index (χ3n) is 1.59. The molecule has 0 aliphatic heterocycles. The molecule has 0 atom stereocenters. The molecule has 0 amide bonds. The van der Waals surface area contributed by atoms with Gasteiger partial charge in [-0.15, -0.1) is 0 Å². The Morgan fingerprint density at radius 2 is 1.44 bits per heavy atom. The van der Waals surface area contributed by atoms with Crippen molar-refractivity contribution in [3.63, 3.8) is 0 Å². The maximum absolute atomic E-state index is 12.9. The lowest BCUT2D eigenvalue weighted by molar-refractivity contribution is -0.301. The fourth-order valence-corrected chi connectivity index (χ4v) is 2.08. The van der Waals surface area contributed by atoms with Crippen LogP contribution in [0.4, 0.5) is 17.6 Å². The summed E-state index contributed by atoms with van der Waals surface area (Å²) < 4.78 is 55.6. The summed E-state index contributed by atoms with van der Waals surface area (Å²) >= 11 is 6.06. The van der Waals surface area contributed by atoms with Crippen molar-refractivity contribution in [1.82, 2.24) is 0 Å². The van der Waals surface area contributed by atoms with Crippen LogP contribution in [0.5, 0.6) is 5.75 Å². The molecule has 0 aromatic heterocycles. The van der Waals surface area contributed by atoms with Crippen molar-refractivity contribution in [3.05, 3.63) is 27.1 Å². The molecule has 0 bridgehead atoms. The number of hydrogen-bond donors (Lipinski definition) is 0. The van der Waals surface area contributed by atoms with Crippen molar-refractivity contribution in [2.75, 3.05) is 0 Å². The van der Waals surface area contributed by atoms with E-state index >= 15 is 0 Å². The van der Waals surface area contributed by atoms with Crippen molar-refractivity contribution in [2.45, 2.75) is 19.0 Å². The van der Waals surface area contributed by atoms with E-state index in [0.29, 0.717) is 8.95 Å². The molecular weight excluding hydrogens is 360 g/mol. The minimum atomic E-state index is -4.55. The molecule has 0 aliphatic carbocycles. The van der Waals surface area contributed by atoms with E-state index in [2.05, 4.69) is 36.6 Å². The topological polar surface area (TPSA) is 9.23 Å². The molecule has 0 unspecified atom stereocenters. The molecule has 1 nitrogen and oxygen atoms in total. The Labute approximate surface area is 106 Å². The lowest BCUT2D eigenvalue weighted by Gasteiger charge is -2.23. The zero-order valence-corrected chi connectivity index (χ0v) is 11.1. The van der Waals surface area contributed by atoms with Gasteiger partial charge in [-0.1, -0.05) is 31.9 Å². The molecule has 0 N–H and O–H groups in total. The van der Waals surface area contributed by atoms with E-state index in [1.165, 1.54) is 12.1 Å². The number of hydrogen-bond acceptors (Lipinski definition) is 1. The summed E-state index contributed by atoms with van der Waals surface area (Å²) in [6.07, 6.45) is -4.55. The summed E-state index contributed by atoms with van der Waals surface area (Å²) in [5.41, 5.74) is 0. The van der Waals surface area contributed by atoms with Crippen LogP contribution in [0, 0.1) is 0 Å². The van der Waals surface area contributed by atoms with Gasteiger partial charge in [-0.05, 0) is 18.2 Å². The molecular formula is C9H6Br2F4O. The molecule has 0 saturated carbocycles. The van der Waals surface area contributed by atoms with Gasteiger partial charge >= 0.3 is 12.0 Å². The Morgan fingerprint density at radius 1 is 1.00 bits per heavy atom. The zero-order valence-electron chi connectivity index (χ0n) is 7.91. The smallest absolute Gasteiger partial charge is 0.428 e. The van der Waals surface area contributed by atoms with E-state index in [1.807, 2.05) is 0 Å². The first-order chi connectivity index (χ1) is 7.12. The molecule has 0 radical (unpaired) electrons. The average molecular weight is 366 g/mol. The zero-order chi connectivity index (χ0) is 12.6. The van der Waals surface area contributed by atoms with Gasteiger partial charge < -0.3 is 4.74 Å². The fraction of sp³-hybridized carbons (Fsp3) is 0.333. The van der Waals surface area contributed by atoms with Crippen LogP contribution in [-0.4, -0.2) is 12.0 Å². The van der Waals surface area contributed by atoms with Crippen molar-refractivity contribution >= 4 is 31.9 Å². The van der Waals surface area contributed by atoms with Gasteiger partial charge in [0.15, 0.2) is 0 Å². The lowest BCUT2D eigenvalue weighted by Crippen LogP contribution is -2.42. The maximum Gasteiger partial charge on any atom is 0.463 e. The highest BCUT2D eigenvalue weighted by molar-refractivity contribution is 9.11. The standard InChI is InChI=1S/C9H6Br2F4O/c1-8(12,13)9(14,15)16-7-3-5(10)2-6(11)4-7/h2-4H,1H3. The van der Waals surface area contributed by atoms with E-state index < -0.39 is 12.0 Å². The lowest BCUT2D eigenvalue weighted by atomic mass is 10.3. The molecule has 0 heterocycles. The summed E-state index contributed by atoms with van der Waals surface area (Å²) in [7, 11) is 0. The first-order valence-corrected chi connectivity index (χ1v) is 5.61. The molecule has 0 spiro atoms. The Bertz CT molecular complexity index is 369. The predicted octanol–water partition coefficient (Wildman–Crippen LogP) is 4.84. The number of benzene rings is 1. The van der Waals surface area contributed by atoms with E-state index in [-0.39, 0.29) is 12.7 Å². The molecule has 90 valence electrons. The van der Waals surface area contributed by atoms with E-state index in [4.69, 9.17) is 0 Å². The van der Waals surface area contributed by atoms with Gasteiger partial charge in [-0.3, -0.25) is 0 Å². The van der Waals surface area contributed by atoms with Crippen molar-refractivity contribution in [2.24, 2.45) is 0 Å². The first-order valence-electron chi connectivity index (χ1n) is 4.02. The van der Waals surface area contributed by atoms with Gasteiger partial charge in [0.2, 0.25) is 0 Å². The summed E-state index contributed by atoms with van der Waals surface area (Å²) in [5.74, 6) is -4.60. The van der Waals surface area contributed by atoms with Crippen LogP contribution in [0.15, 0.2) is 27.1 Å². The number of halogens is 6. The Hall–Kier alpha value is -0.300. The van der Waals surface area contributed by atoms with Crippen LogP contribution in [-0.2, 0) is 0 Å². The summed E-state index contributed by atoms with van der Waals surface area (Å²) in [6, 6.07) is 3.91. The van der Waals surface area contributed by atoms with Gasteiger partial charge in [-0.25, -0.2) is 0 Å². The third-order valence-corrected chi connectivity index (χ3v) is 2.51. The van der Waals surface area contributed by atoms with Gasteiger partial charge in [-0.2, -0.15) is 17.6 Å². The van der Waals surface area contributed by atoms with Crippen molar-refractivity contribution in [3.8, 4) is 5.75 Å². The van der Waals surface area contributed by atoms with E-state index in [9.17, 15) is 17.6 Å². The Balaban J connectivity index is 2.96. The van der Waals surface area contributed by atoms with Crippen molar-refractivity contribution in [1.29, 1.82) is 0 Å². The second kappa shape index (κ2) is 4.52. The summed E-state index contributed by atoms with van der Waals surface area (Å²) in [4.78, 5) is 0. The molecule has 0 aliphatic rings. The highest BCUT2D eigenvalue weighted by atomic mass is 79.9. The van der Waals surface area contributed by atoms with E-state index in [1.54, 1.807) is 6.07 Å². The number of ether oxygens (including phenoxy) is 1.